The van der Waals surface area contributed by atoms with Crippen LogP contribution in [0.2, 0.25) is 15.1 Å². The number of aliphatic hydroxyl groups is 1. The first-order valence-electron chi connectivity index (χ1n) is 27.8. The largest absolute Gasteiger partial charge is 0.467 e. The van der Waals surface area contributed by atoms with Gasteiger partial charge in [0.1, 0.15) is 18.8 Å². The van der Waals surface area contributed by atoms with Gasteiger partial charge in [0.25, 0.3) is 0 Å². The van der Waals surface area contributed by atoms with E-state index in [-0.39, 0.29) is 19.2 Å². The Balaban J connectivity index is 0.000000186. The number of nitrogens with zero attached hydrogens (tertiary/aromatic N) is 3. The quantitative estimate of drug-likeness (QED) is 0.0790. The zero-order valence-electron chi connectivity index (χ0n) is 51.5. The van der Waals surface area contributed by atoms with Crippen molar-refractivity contribution >= 4 is 127 Å². The van der Waals surface area contributed by atoms with E-state index in [2.05, 4.69) is 15.0 Å². The van der Waals surface area contributed by atoms with Crippen LogP contribution in [0.15, 0.2) is 91.0 Å². The Morgan fingerprint density at radius 2 is 0.826 bits per heavy atom. The summed E-state index contributed by atoms with van der Waals surface area (Å²) in [7, 11) is 1.36. The third-order valence-corrected chi connectivity index (χ3v) is 16.7. The molecule has 0 aliphatic rings. The number of nitrogens with two attached hydrogens (primary N) is 3. The summed E-state index contributed by atoms with van der Waals surface area (Å²) in [6, 6.07) is 28.8. The van der Waals surface area contributed by atoms with Gasteiger partial charge in [-0.2, -0.15) is 0 Å². The van der Waals surface area contributed by atoms with Crippen molar-refractivity contribution in [1.29, 1.82) is 0 Å². The maximum Gasteiger partial charge on any atom is 0.339 e. The minimum Gasteiger partial charge on any atom is -0.467 e. The van der Waals surface area contributed by atoms with Gasteiger partial charge in [0.2, 0.25) is 0 Å². The fourth-order valence-electron chi connectivity index (χ4n) is 9.83. The van der Waals surface area contributed by atoms with Crippen LogP contribution >= 0.6 is 68.8 Å². The van der Waals surface area contributed by atoms with Gasteiger partial charge in [-0.25, -0.2) is 19.7 Å². The number of aromatic nitrogens is 3. The van der Waals surface area contributed by atoms with Crippen molar-refractivity contribution < 1.29 is 38.4 Å². The van der Waals surface area contributed by atoms with Crippen molar-refractivity contribution in [1.82, 2.24) is 15.0 Å². The first-order chi connectivity index (χ1) is 40.1. The molecule has 3 atom stereocenters. The summed E-state index contributed by atoms with van der Waals surface area (Å²) in [5.74, 6) is -0.723. The van der Waals surface area contributed by atoms with E-state index in [4.69, 9.17) is 75.7 Å². The number of nitrogen functional groups attached to an aromatic ring is 3. The number of anilines is 3. The zero-order chi connectivity index (χ0) is 63.5. The first-order valence-corrected chi connectivity index (χ1v) is 31.4. The number of benzene rings is 6. The average molecular weight is 1280 g/mol. The second kappa shape index (κ2) is 27.2. The van der Waals surface area contributed by atoms with E-state index in [1.54, 1.807) is 0 Å². The summed E-state index contributed by atoms with van der Waals surface area (Å²) < 4.78 is 32.4. The molecule has 0 unspecified atom stereocenters. The summed E-state index contributed by atoms with van der Waals surface area (Å²) in [5, 5.41) is 13.5. The van der Waals surface area contributed by atoms with Crippen LogP contribution in [0.4, 0.5) is 15.4 Å². The van der Waals surface area contributed by atoms with Gasteiger partial charge < -0.3 is 46.0 Å². The van der Waals surface area contributed by atoms with E-state index in [1.165, 1.54) is 41.1 Å². The lowest BCUT2D eigenvalue weighted by atomic mass is 9.91. The smallest absolute Gasteiger partial charge is 0.339 e. The molecule has 0 fully saturated rings. The van der Waals surface area contributed by atoms with Crippen LogP contribution in [0.3, 0.4) is 0 Å². The molecule has 0 aliphatic heterocycles. The van der Waals surface area contributed by atoms with Crippen LogP contribution in [0, 0.1) is 26.2 Å². The molecule has 0 bridgehead atoms. The summed E-state index contributed by atoms with van der Waals surface area (Å²) in [5.41, 5.74) is 29.8. The number of hydrogen-bond acceptors (Lipinski definition) is 17. The van der Waals surface area contributed by atoms with Crippen molar-refractivity contribution in [3.8, 4) is 33.4 Å². The number of carbonyl (C=O) groups is 2. The Labute approximate surface area is 531 Å². The monoisotopic (exact) mass is 1280 g/mol. The molecule has 458 valence electrons. The van der Waals surface area contributed by atoms with Crippen molar-refractivity contribution in [2.45, 2.75) is 139 Å². The van der Waals surface area contributed by atoms with Crippen LogP contribution in [-0.2, 0) is 33.3 Å². The maximum atomic E-state index is 12.7. The number of aryl methyl sites for hydroxylation is 3. The van der Waals surface area contributed by atoms with E-state index >= 15 is 0 Å². The van der Waals surface area contributed by atoms with Gasteiger partial charge in [0, 0.05) is 37.3 Å². The number of thiazole rings is 3. The number of carbonyl (C=O) groups excluding carboxylic acids is 2. The Kier molecular flexibility index (Phi) is 21.4. The molecule has 9 rings (SSSR count). The van der Waals surface area contributed by atoms with Crippen molar-refractivity contribution in [3.63, 3.8) is 0 Å². The number of aliphatic hydroxyl groups excluding tert-OH is 1. The Morgan fingerprint density at radius 3 is 1.14 bits per heavy atom. The molecule has 3 aromatic heterocycles. The molecule has 0 saturated heterocycles. The molecule has 86 heavy (non-hydrogen) atoms. The molecule has 7 N–H and O–H groups in total. The molecule has 20 heteroatoms. The predicted octanol–water partition coefficient (Wildman–Crippen LogP) is 17.8. The molecular weight excluding hydrogens is 1210 g/mol. The highest BCUT2D eigenvalue weighted by atomic mass is 35.5. The second-order valence-electron chi connectivity index (χ2n) is 24.8. The molecule has 3 heterocycles. The van der Waals surface area contributed by atoms with Gasteiger partial charge >= 0.3 is 11.9 Å². The van der Waals surface area contributed by atoms with E-state index in [1.807, 2.05) is 195 Å². The van der Waals surface area contributed by atoms with Gasteiger partial charge in [0.15, 0.2) is 21.5 Å². The highest BCUT2D eigenvalue weighted by Crippen LogP contribution is 2.47. The Hall–Kier alpha value is -5.96. The normalized spacial score (nSPS) is 13.2. The van der Waals surface area contributed by atoms with Gasteiger partial charge in [-0.3, -0.25) is 4.79 Å². The third kappa shape index (κ3) is 16.8. The summed E-state index contributed by atoms with van der Waals surface area (Å²) in [4.78, 5) is 38.6. The van der Waals surface area contributed by atoms with Crippen LogP contribution in [0.5, 0.6) is 0 Å². The lowest BCUT2D eigenvalue weighted by Gasteiger charge is -2.31. The fourth-order valence-corrected chi connectivity index (χ4v) is 12.9. The lowest BCUT2D eigenvalue weighted by Crippen LogP contribution is -2.30. The van der Waals surface area contributed by atoms with Gasteiger partial charge in [-0.1, -0.05) is 105 Å². The van der Waals surface area contributed by atoms with Crippen LogP contribution in [-0.4, -0.2) is 69.1 Å². The van der Waals surface area contributed by atoms with E-state index in [9.17, 15) is 14.7 Å². The van der Waals surface area contributed by atoms with Crippen LogP contribution in [0.25, 0.3) is 64.0 Å². The lowest BCUT2D eigenvalue weighted by molar-refractivity contribution is -0.164. The number of esters is 2. The molecule has 0 aliphatic carbocycles. The number of fused-ring (bicyclic) bond motifs is 3. The standard InChI is InChI=1S/C25H31ClN2O3S.C21H23ClN2O3S.C20H23ClN2O2S/c1-14-12-17-21(32-23(27)28-17)20(15-8-10-16(26)11-9-15)19(14)18(31-25(5,6)7)13-30-22(29)24(2,3)4;1-11-10-14-18(28-20(23)24-14)16(12-6-8-13(22)9-7-12)15(11)17(19(25)26-5)27-21(2,3)4;1-11-9-14-18(26-19(22)23-14)17(12-5-7-13(21)8-6-12)16(11)15(10-24)25-20(2,3)4/h8-12,18H,13H2,1-7H3,(H2,27,28);6-10,17H,1-5H3,(H2,23,24);5-9,15,24H,10H2,1-4H3,(H2,22,23)/t18-;17-;15-/m101/s1. The summed E-state index contributed by atoms with van der Waals surface area (Å²) in [6.45, 7) is 29.1. The molecule has 6 aromatic carbocycles. The Bertz CT molecular complexity index is 3880. The van der Waals surface area contributed by atoms with Gasteiger partial charge in [-0.15, -0.1) is 0 Å². The molecule has 0 amide bonds. The van der Waals surface area contributed by atoms with Gasteiger partial charge in [0.05, 0.1) is 66.6 Å². The van der Waals surface area contributed by atoms with E-state index in [0.717, 1.165) is 97.4 Å². The SMILES string of the molecule is COC(=O)[C@@H](OC(C)(C)C)c1c(C)cc2nc(N)sc2c1-c1ccc(Cl)cc1.Cc1cc2nc(N)sc2c(-c2ccc(Cl)cc2)c1[C@@H](CO)OC(C)(C)C.Cc1cc2nc(N)sc2c(-c2ccc(Cl)cc2)c1[C@@H](COC(=O)C(C)(C)C)OC(C)(C)C. The van der Waals surface area contributed by atoms with Crippen molar-refractivity contribution in [2.24, 2.45) is 5.41 Å². The summed E-state index contributed by atoms with van der Waals surface area (Å²) in [6.07, 6.45) is -1.81. The number of methoxy groups -OCH3 is 1. The number of halogens is 3. The minimum absolute atomic E-state index is 0.106. The highest BCUT2D eigenvalue weighted by Gasteiger charge is 2.35. The first kappa shape index (κ1) is 67.5. The minimum atomic E-state index is -0.886. The van der Waals surface area contributed by atoms with E-state index in [0.29, 0.717) is 30.5 Å². The summed E-state index contributed by atoms with van der Waals surface area (Å²) >= 11 is 22.6. The number of hydrogen-bond donors (Lipinski definition) is 4. The van der Waals surface area contributed by atoms with Gasteiger partial charge in [-0.05, 0) is 203 Å². The zero-order valence-corrected chi connectivity index (χ0v) is 56.3. The fraction of sp³-hybridized carbons (Fsp3) is 0.379. The third-order valence-electron chi connectivity index (χ3n) is 13.2. The topological polar surface area (TPSA) is 217 Å². The molecular formula is C66H77Cl3N6O8S3. The molecule has 0 radical (unpaired) electrons. The molecule has 14 nitrogen and oxygen atoms in total. The van der Waals surface area contributed by atoms with E-state index < -0.39 is 46.5 Å². The number of rotatable bonds is 13. The Morgan fingerprint density at radius 1 is 0.512 bits per heavy atom. The van der Waals surface area contributed by atoms with Crippen LogP contribution in [0.1, 0.15) is 135 Å². The van der Waals surface area contributed by atoms with Crippen molar-refractivity contribution in [3.05, 3.63) is 139 Å². The molecule has 0 saturated carbocycles. The second-order valence-corrected chi connectivity index (χ2v) is 29.2. The predicted molar refractivity (Wildman–Crippen MR) is 358 cm³/mol. The average Bonchev–Trinajstić information content (AvgIpc) is 1.61. The molecule has 0 spiro atoms. The maximum absolute atomic E-state index is 12.7. The van der Waals surface area contributed by atoms with Crippen molar-refractivity contribution in [2.75, 3.05) is 37.5 Å². The number of ether oxygens (including phenoxy) is 5. The molecule has 9 aromatic rings. The highest BCUT2D eigenvalue weighted by molar-refractivity contribution is 7.23. The van der Waals surface area contributed by atoms with Crippen LogP contribution < -0.4 is 17.2 Å².